The molecule has 4 heteroatoms. The average molecular weight is 386 g/mol. The third kappa shape index (κ3) is 4.20. The molecular formula is C23H22ClF2N. The van der Waals surface area contributed by atoms with Gasteiger partial charge in [-0.05, 0) is 47.7 Å². The summed E-state index contributed by atoms with van der Waals surface area (Å²) in [6, 6.07) is 22.2. The highest BCUT2D eigenvalue weighted by Gasteiger charge is 2.28. The molecule has 0 amide bonds. The van der Waals surface area contributed by atoms with Crippen molar-refractivity contribution in [2.75, 3.05) is 13.1 Å². The van der Waals surface area contributed by atoms with E-state index in [4.69, 9.17) is 0 Å². The third-order valence-electron chi connectivity index (χ3n) is 5.27. The van der Waals surface area contributed by atoms with Gasteiger partial charge in [0.2, 0.25) is 0 Å². The topological polar surface area (TPSA) is 12.0 Å². The summed E-state index contributed by atoms with van der Waals surface area (Å²) in [6.07, 6.45) is 1.03. The lowest BCUT2D eigenvalue weighted by molar-refractivity contribution is 0.516. The van der Waals surface area contributed by atoms with Crippen LogP contribution in [0.1, 0.15) is 17.0 Å². The van der Waals surface area contributed by atoms with Gasteiger partial charge in [0.05, 0.1) is 5.56 Å². The van der Waals surface area contributed by atoms with Crippen molar-refractivity contribution in [3.8, 4) is 11.1 Å². The van der Waals surface area contributed by atoms with Crippen molar-refractivity contribution in [2.45, 2.75) is 12.3 Å². The average Bonchev–Trinajstić information content (AvgIpc) is 3.11. The summed E-state index contributed by atoms with van der Waals surface area (Å²) >= 11 is 0. The number of nitrogens with one attached hydrogen (secondary N) is 1. The minimum atomic E-state index is -0.526. The minimum absolute atomic E-state index is 0. The Kier molecular flexibility index (Phi) is 6.25. The molecule has 140 valence electrons. The fourth-order valence-corrected chi connectivity index (χ4v) is 3.93. The lowest BCUT2D eigenvalue weighted by Gasteiger charge is -2.19. The number of hydrogen-bond acceptors (Lipinski definition) is 1. The molecule has 1 nitrogen and oxygen atoms in total. The largest absolute Gasteiger partial charge is 0.316 e. The Balaban J connectivity index is 0.00000210. The number of rotatable bonds is 4. The van der Waals surface area contributed by atoms with Crippen molar-refractivity contribution >= 4 is 12.4 Å². The van der Waals surface area contributed by atoms with Crippen LogP contribution in [-0.4, -0.2) is 13.1 Å². The van der Waals surface area contributed by atoms with Gasteiger partial charge in [0, 0.05) is 12.5 Å². The SMILES string of the molecule is Cl.Fc1cccc(F)c1-c1ccc([C@@H]2CNC[C@H]2Cc2ccccc2)cc1. The van der Waals surface area contributed by atoms with E-state index in [2.05, 4.69) is 29.6 Å². The molecule has 1 saturated heterocycles. The number of benzene rings is 3. The van der Waals surface area contributed by atoms with E-state index in [-0.39, 0.29) is 18.0 Å². The van der Waals surface area contributed by atoms with Gasteiger partial charge in [0.1, 0.15) is 11.6 Å². The van der Waals surface area contributed by atoms with Gasteiger partial charge >= 0.3 is 0 Å². The number of hydrogen-bond donors (Lipinski definition) is 1. The van der Waals surface area contributed by atoms with Crippen LogP contribution in [0.2, 0.25) is 0 Å². The molecule has 4 rings (SSSR count). The molecule has 0 aromatic heterocycles. The Morgan fingerprint density at radius 1 is 0.778 bits per heavy atom. The Morgan fingerprint density at radius 2 is 1.44 bits per heavy atom. The van der Waals surface area contributed by atoms with Crippen LogP contribution in [0.3, 0.4) is 0 Å². The van der Waals surface area contributed by atoms with Crippen LogP contribution in [0.4, 0.5) is 8.78 Å². The highest BCUT2D eigenvalue weighted by atomic mass is 35.5. The Hall–Kier alpha value is -2.23. The molecule has 0 saturated carbocycles. The zero-order valence-corrected chi connectivity index (χ0v) is 15.7. The summed E-state index contributed by atoms with van der Waals surface area (Å²) in [5, 5.41) is 3.49. The standard InChI is InChI=1S/C23H21F2N.ClH/c24-21-7-4-8-22(25)23(21)18-11-9-17(10-12-18)20-15-26-14-19(20)13-16-5-2-1-3-6-16;/h1-12,19-20,26H,13-15H2;1H/t19-,20+;/m1./s1. The predicted octanol–water partition coefficient (Wildman–Crippen LogP) is 5.60. The van der Waals surface area contributed by atoms with Gasteiger partial charge in [0.15, 0.2) is 0 Å². The van der Waals surface area contributed by atoms with Gasteiger partial charge in [-0.1, -0.05) is 60.7 Å². The summed E-state index contributed by atoms with van der Waals surface area (Å²) < 4.78 is 28.0. The molecule has 0 unspecified atom stereocenters. The van der Waals surface area contributed by atoms with Gasteiger partial charge in [-0.25, -0.2) is 8.78 Å². The fourth-order valence-electron chi connectivity index (χ4n) is 3.93. The van der Waals surface area contributed by atoms with E-state index in [0.29, 0.717) is 17.4 Å². The second kappa shape index (κ2) is 8.64. The molecule has 1 N–H and O–H groups in total. The second-order valence-electron chi connectivity index (χ2n) is 6.93. The van der Waals surface area contributed by atoms with Crippen molar-refractivity contribution in [3.05, 3.63) is 95.6 Å². The lowest BCUT2D eigenvalue weighted by Crippen LogP contribution is -2.13. The molecule has 1 aliphatic heterocycles. The maximum absolute atomic E-state index is 14.0. The molecule has 3 aromatic rings. The lowest BCUT2D eigenvalue weighted by atomic mass is 9.84. The Morgan fingerprint density at radius 3 is 2.11 bits per heavy atom. The summed E-state index contributed by atoms with van der Waals surface area (Å²) in [5.74, 6) is -0.118. The zero-order valence-electron chi connectivity index (χ0n) is 14.9. The van der Waals surface area contributed by atoms with Crippen LogP contribution in [0.5, 0.6) is 0 Å². The van der Waals surface area contributed by atoms with Crippen LogP contribution in [0.25, 0.3) is 11.1 Å². The summed E-state index contributed by atoms with van der Waals surface area (Å²) in [4.78, 5) is 0. The van der Waals surface area contributed by atoms with Crippen LogP contribution < -0.4 is 5.32 Å². The highest BCUT2D eigenvalue weighted by Crippen LogP contribution is 2.33. The van der Waals surface area contributed by atoms with Gasteiger partial charge in [-0.15, -0.1) is 12.4 Å². The zero-order chi connectivity index (χ0) is 17.9. The molecule has 1 fully saturated rings. The highest BCUT2D eigenvalue weighted by molar-refractivity contribution is 5.85. The first-order chi connectivity index (χ1) is 12.7. The molecule has 0 bridgehead atoms. The minimum Gasteiger partial charge on any atom is -0.316 e. The van der Waals surface area contributed by atoms with Crippen LogP contribution in [0, 0.1) is 17.6 Å². The van der Waals surface area contributed by atoms with E-state index >= 15 is 0 Å². The van der Waals surface area contributed by atoms with Crippen molar-refractivity contribution in [3.63, 3.8) is 0 Å². The number of halogens is 3. The van der Waals surface area contributed by atoms with Crippen LogP contribution in [-0.2, 0) is 6.42 Å². The van der Waals surface area contributed by atoms with Gasteiger partial charge in [-0.3, -0.25) is 0 Å². The van der Waals surface area contributed by atoms with E-state index in [1.165, 1.54) is 29.3 Å². The van der Waals surface area contributed by atoms with E-state index in [1.807, 2.05) is 30.3 Å². The molecule has 2 atom stereocenters. The first-order valence-electron chi connectivity index (χ1n) is 9.01. The van der Waals surface area contributed by atoms with E-state index in [9.17, 15) is 8.78 Å². The maximum atomic E-state index is 14.0. The van der Waals surface area contributed by atoms with E-state index in [0.717, 1.165) is 19.5 Å². The van der Waals surface area contributed by atoms with Crippen LogP contribution in [0.15, 0.2) is 72.8 Å². The van der Waals surface area contributed by atoms with Crippen molar-refractivity contribution in [1.82, 2.24) is 5.32 Å². The monoisotopic (exact) mass is 385 g/mol. The molecule has 1 aliphatic rings. The fraction of sp³-hybridized carbons (Fsp3) is 0.217. The predicted molar refractivity (Wildman–Crippen MR) is 108 cm³/mol. The molecule has 27 heavy (non-hydrogen) atoms. The first kappa shape index (κ1) is 19.5. The quantitative estimate of drug-likeness (QED) is 0.616. The van der Waals surface area contributed by atoms with Crippen molar-refractivity contribution in [1.29, 1.82) is 0 Å². The van der Waals surface area contributed by atoms with Gasteiger partial charge in [-0.2, -0.15) is 0 Å². The Labute approximate surface area is 164 Å². The molecule has 1 heterocycles. The third-order valence-corrected chi connectivity index (χ3v) is 5.27. The second-order valence-corrected chi connectivity index (χ2v) is 6.93. The molecule has 0 spiro atoms. The van der Waals surface area contributed by atoms with Crippen molar-refractivity contribution in [2.24, 2.45) is 5.92 Å². The molecule has 0 radical (unpaired) electrons. The first-order valence-corrected chi connectivity index (χ1v) is 9.01. The Bertz CT molecular complexity index is 860. The van der Waals surface area contributed by atoms with E-state index < -0.39 is 11.6 Å². The molecular weight excluding hydrogens is 364 g/mol. The van der Waals surface area contributed by atoms with Crippen LogP contribution >= 0.6 is 12.4 Å². The van der Waals surface area contributed by atoms with Gasteiger partial charge < -0.3 is 5.32 Å². The summed E-state index contributed by atoms with van der Waals surface area (Å²) in [5.41, 5.74) is 3.19. The van der Waals surface area contributed by atoms with E-state index in [1.54, 1.807) is 0 Å². The maximum Gasteiger partial charge on any atom is 0.133 e. The van der Waals surface area contributed by atoms with Gasteiger partial charge in [0.25, 0.3) is 0 Å². The summed E-state index contributed by atoms with van der Waals surface area (Å²) in [6.45, 7) is 1.92. The normalized spacial score (nSPS) is 18.9. The van der Waals surface area contributed by atoms with Crippen molar-refractivity contribution < 1.29 is 8.78 Å². The summed E-state index contributed by atoms with van der Waals surface area (Å²) in [7, 11) is 0. The smallest absolute Gasteiger partial charge is 0.133 e. The molecule has 3 aromatic carbocycles. The molecule has 0 aliphatic carbocycles.